The summed E-state index contributed by atoms with van der Waals surface area (Å²) < 4.78 is 0. The minimum atomic E-state index is 0.324. The van der Waals surface area contributed by atoms with Crippen molar-refractivity contribution in [2.45, 2.75) is 70.3 Å². The van der Waals surface area contributed by atoms with Crippen molar-refractivity contribution in [1.82, 2.24) is 4.90 Å². The molecule has 1 aliphatic heterocycles. The van der Waals surface area contributed by atoms with Gasteiger partial charge in [0.25, 0.3) is 0 Å². The molecule has 0 N–H and O–H groups in total. The third-order valence-electron chi connectivity index (χ3n) is 5.89. The van der Waals surface area contributed by atoms with E-state index in [0.717, 1.165) is 6.42 Å². The maximum atomic E-state index is 9.23. The molecule has 100 valence electrons. The Bertz CT molecular complexity index is 314. The molecular weight excluding hydrogens is 220 g/mol. The normalized spacial score (nSPS) is 36.6. The maximum absolute atomic E-state index is 9.23. The molecule has 0 aromatic carbocycles. The quantitative estimate of drug-likeness (QED) is 0.705. The number of nitrogens with zero attached hydrogens (tertiary/aromatic N) is 2. The molecular formula is C16H26N2. The second-order valence-corrected chi connectivity index (χ2v) is 6.83. The van der Waals surface area contributed by atoms with Crippen LogP contribution >= 0.6 is 0 Å². The molecule has 2 heteroatoms. The molecule has 1 spiro atoms. The molecule has 2 saturated carbocycles. The maximum Gasteiger partial charge on any atom is 0.0672 e. The Labute approximate surface area is 111 Å². The Balaban J connectivity index is 1.58. The van der Waals surface area contributed by atoms with Gasteiger partial charge in [-0.25, -0.2) is 0 Å². The van der Waals surface area contributed by atoms with Crippen LogP contribution in [0.25, 0.3) is 0 Å². The van der Waals surface area contributed by atoms with Crippen molar-refractivity contribution in [1.29, 1.82) is 5.26 Å². The molecule has 3 aliphatic rings. The minimum absolute atomic E-state index is 0.324. The summed E-state index contributed by atoms with van der Waals surface area (Å²) >= 11 is 0. The zero-order valence-electron chi connectivity index (χ0n) is 11.5. The molecule has 2 unspecified atom stereocenters. The Morgan fingerprint density at radius 3 is 2.28 bits per heavy atom. The molecule has 2 aliphatic carbocycles. The average molecular weight is 246 g/mol. The molecule has 2 atom stereocenters. The molecule has 0 amide bonds. The monoisotopic (exact) mass is 246 g/mol. The van der Waals surface area contributed by atoms with Crippen LogP contribution in [-0.2, 0) is 0 Å². The van der Waals surface area contributed by atoms with Crippen LogP contribution in [0.2, 0.25) is 0 Å². The van der Waals surface area contributed by atoms with Crippen molar-refractivity contribution >= 4 is 0 Å². The van der Waals surface area contributed by atoms with E-state index in [1.807, 2.05) is 0 Å². The fourth-order valence-corrected chi connectivity index (χ4v) is 4.66. The van der Waals surface area contributed by atoms with E-state index in [1.165, 1.54) is 70.9 Å². The van der Waals surface area contributed by atoms with E-state index in [1.54, 1.807) is 0 Å². The van der Waals surface area contributed by atoms with E-state index in [0.29, 0.717) is 17.4 Å². The van der Waals surface area contributed by atoms with Crippen LogP contribution in [0, 0.1) is 22.7 Å². The van der Waals surface area contributed by atoms with Gasteiger partial charge in [-0.05, 0) is 57.0 Å². The van der Waals surface area contributed by atoms with Gasteiger partial charge in [0.2, 0.25) is 0 Å². The molecule has 0 aromatic rings. The molecule has 18 heavy (non-hydrogen) atoms. The Morgan fingerprint density at radius 1 is 0.889 bits per heavy atom. The zero-order chi connectivity index (χ0) is 12.4. The van der Waals surface area contributed by atoms with Gasteiger partial charge in [-0.1, -0.05) is 25.7 Å². The van der Waals surface area contributed by atoms with E-state index in [-0.39, 0.29) is 0 Å². The first-order chi connectivity index (χ1) is 8.83. The Hall–Kier alpha value is -0.550. The summed E-state index contributed by atoms with van der Waals surface area (Å²) in [5.41, 5.74) is 0.704. The zero-order valence-corrected chi connectivity index (χ0v) is 11.5. The minimum Gasteiger partial charge on any atom is -0.299 e. The molecule has 0 radical (unpaired) electrons. The van der Waals surface area contributed by atoms with Crippen LogP contribution in [0.4, 0.5) is 0 Å². The molecule has 3 fully saturated rings. The van der Waals surface area contributed by atoms with Gasteiger partial charge in [-0.3, -0.25) is 4.90 Å². The number of rotatable bonds is 1. The third kappa shape index (κ3) is 2.30. The van der Waals surface area contributed by atoms with E-state index in [9.17, 15) is 5.26 Å². The Morgan fingerprint density at radius 2 is 1.61 bits per heavy atom. The first kappa shape index (κ1) is 12.5. The van der Waals surface area contributed by atoms with Crippen LogP contribution in [-0.4, -0.2) is 24.0 Å². The second-order valence-electron chi connectivity index (χ2n) is 6.83. The van der Waals surface area contributed by atoms with E-state index in [2.05, 4.69) is 11.0 Å². The van der Waals surface area contributed by atoms with Crippen LogP contribution in [0.15, 0.2) is 0 Å². The summed E-state index contributed by atoms with van der Waals surface area (Å²) in [6.45, 7) is 2.53. The standard InChI is InChI=1S/C16H26N2/c17-13-14-5-4-6-15(14)18-11-9-16(10-12-18)7-2-1-3-8-16/h14-15H,1-12H2. The van der Waals surface area contributed by atoms with Crippen molar-refractivity contribution < 1.29 is 0 Å². The largest absolute Gasteiger partial charge is 0.299 e. The SMILES string of the molecule is N#CC1CCCC1N1CCC2(CCCCC2)CC1. The van der Waals surface area contributed by atoms with Gasteiger partial charge < -0.3 is 0 Å². The number of hydrogen-bond donors (Lipinski definition) is 0. The Kier molecular flexibility index (Phi) is 3.61. The molecule has 2 nitrogen and oxygen atoms in total. The summed E-state index contributed by atoms with van der Waals surface area (Å²) in [5.74, 6) is 0.324. The van der Waals surface area contributed by atoms with Gasteiger partial charge in [0.05, 0.1) is 12.0 Å². The molecule has 1 heterocycles. The lowest BCUT2D eigenvalue weighted by Gasteiger charge is -2.46. The van der Waals surface area contributed by atoms with Crippen molar-refractivity contribution in [2.24, 2.45) is 11.3 Å². The third-order valence-corrected chi connectivity index (χ3v) is 5.89. The van der Waals surface area contributed by atoms with Crippen molar-refractivity contribution in [3.63, 3.8) is 0 Å². The van der Waals surface area contributed by atoms with Crippen LogP contribution in [0.3, 0.4) is 0 Å². The predicted molar refractivity (Wildman–Crippen MR) is 73.1 cm³/mol. The van der Waals surface area contributed by atoms with Gasteiger partial charge in [0.1, 0.15) is 0 Å². The molecule has 1 saturated heterocycles. The van der Waals surface area contributed by atoms with E-state index in [4.69, 9.17) is 0 Å². The average Bonchev–Trinajstić information content (AvgIpc) is 2.89. The van der Waals surface area contributed by atoms with E-state index >= 15 is 0 Å². The van der Waals surface area contributed by atoms with Crippen molar-refractivity contribution in [2.75, 3.05) is 13.1 Å². The smallest absolute Gasteiger partial charge is 0.0672 e. The predicted octanol–water partition coefficient (Wildman–Crippen LogP) is 3.72. The van der Waals surface area contributed by atoms with Gasteiger partial charge in [-0.15, -0.1) is 0 Å². The van der Waals surface area contributed by atoms with Gasteiger partial charge in [0, 0.05) is 6.04 Å². The summed E-state index contributed by atoms with van der Waals surface area (Å²) in [4.78, 5) is 2.65. The molecule has 0 bridgehead atoms. The van der Waals surface area contributed by atoms with Crippen LogP contribution < -0.4 is 0 Å². The van der Waals surface area contributed by atoms with Crippen molar-refractivity contribution in [3.05, 3.63) is 0 Å². The first-order valence-corrected chi connectivity index (χ1v) is 7.97. The van der Waals surface area contributed by atoms with Gasteiger partial charge in [0.15, 0.2) is 0 Å². The summed E-state index contributed by atoms with van der Waals surface area (Å²) in [6.07, 6.45) is 13.8. The first-order valence-electron chi connectivity index (χ1n) is 7.97. The van der Waals surface area contributed by atoms with Gasteiger partial charge >= 0.3 is 0 Å². The van der Waals surface area contributed by atoms with Crippen molar-refractivity contribution in [3.8, 4) is 6.07 Å². The lowest BCUT2D eigenvalue weighted by molar-refractivity contribution is 0.0404. The summed E-state index contributed by atoms with van der Waals surface area (Å²) in [6, 6.07) is 3.13. The van der Waals surface area contributed by atoms with Crippen LogP contribution in [0.5, 0.6) is 0 Å². The topological polar surface area (TPSA) is 27.0 Å². The highest BCUT2D eigenvalue weighted by molar-refractivity contribution is 4.99. The summed E-state index contributed by atoms with van der Waals surface area (Å²) in [5, 5.41) is 9.23. The highest BCUT2D eigenvalue weighted by Gasteiger charge is 2.39. The number of hydrogen-bond acceptors (Lipinski definition) is 2. The van der Waals surface area contributed by atoms with Crippen LogP contribution in [0.1, 0.15) is 64.2 Å². The second kappa shape index (κ2) is 5.21. The summed E-state index contributed by atoms with van der Waals surface area (Å²) in [7, 11) is 0. The number of likely N-dealkylation sites (tertiary alicyclic amines) is 1. The highest BCUT2D eigenvalue weighted by atomic mass is 15.2. The lowest BCUT2D eigenvalue weighted by Crippen LogP contribution is -2.46. The molecule has 3 rings (SSSR count). The van der Waals surface area contributed by atoms with E-state index < -0.39 is 0 Å². The number of piperidine rings is 1. The fraction of sp³-hybridized carbons (Fsp3) is 0.938. The highest BCUT2D eigenvalue weighted by Crippen LogP contribution is 2.45. The number of nitriles is 1. The van der Waals surface area contributed by atoms with Gasteiger partial charge in [-0.2, -0.15) is 5.26 Å². The lowest BCUT2D eigenvalue weighted by atomic mass is 9.68. The fourth-order valence-electron chi connectivity index (χ4n) is 4.66. The molecule has 0 aromatic heterocycles.